The van der Waals surface area contributed by atoms with Crippen molar-refractivity contribution >= 4 is 38.8 Å². The lowest BCUT2D eigenvalue weighted by atomic mass is 9.94. The number of carbonyl (C=O) groups is 1. The van der Waals surface area contributed by atoms with Crippen LogP contribution in [-0.4, -0.2) is 29.8 Å². The maximum absolute atomic E-state index is 13.2. The lowest BCUT2D eigenvalue weighted by Gasteiger charge is -2.34. The van der Waals surface area contributed by atoms with Gasteiger partial charge in [-0.15, -0.1) is 0 Å². The number of benzene rings is 2. The van der Waals surface area contributed by atoms with Gasteiger partial charge in [0.2, 0.25) is 0 Å². The van der Waals surface area contributed by atoms with Gasteiger partial charge in [0.15, 0.2) is 16.7 Å². The molecule has 4 rings (SSSR count). The van der Waals surface area contributed by atoms with Crippen molar-refractivity contribution in [1.82, 2.24) is 4.90 Å². The van der Waals surface area contributed by atoms with Crippen LogP contribution < -0.4 is 9.47 Å². The first-order chi connectivity index (χ1) is 15.9. The molecule has 2 aromatic carbocycles. The average Bonchev–Trinajstić information content (AvgIpc) is 3.26. The van der Waals surface area contributed by atoms with Crippen LogP contribution in [0.25, 0.3) is 0 Å². The molecule has 0 unspecified atom stereocenters. The molecule has 0 aromatic heterocycles. The lowest BCUT2D eigenvalue weighted by molar-refractivity contribution is -0.139. The molecule has 0 amide bonds. The zero-order chi connectivity index (χ0) is 23.5. The number of amidine groups is 1. The Morgan fingerprint density at radius 2 is 2.00 bits per heavy atom. The summed E-state index contributed by atoms with van der Waals surface area (Å²) in [5.74, 6) is 0.326. The number of fused-ring (bicyclic) bond motifs is 1. The summed E-state index contributed by atoms with van der Waals surface area (Å²) in [6.45, 7) is 4.11. The molecule has 0 saturated heterocycles. The average molecular weight is 533 g/mol. The Kier molecular flexibility index (Phi) is 7.09. The monoisotopic (exact) mass is 532 g/mol. The number of nitrogens with zero attached hydrogens (tertiary/aromatic N) is 2. The predicted octanol–water partition coefficient (Wildman–Crippen LogP) is 5.94. The molecule has 0 saturated carbocycles. The molecule has 0 spiro atoms. The van der Waals surface area contributed by atoms with E-state index in [2.05, 4.69) is 20.9 Å². The first kappa shape index (κ1) is 23.4. The Bertz CT molecular complexity index is 1160. The van der Waals surface area contributed by atoms with E-state index in [-0.39, 0.29) is 19.0 Å². The highest BCUT2D eigenvalue weighted by atomic mass is 79.9. The maximum Gasteiger partial charge on any atom is 0.338 e. The predicted molar refractivity (Wildman–Crippen MR) is 130 cm³/mol. The molecule has 0 fully saturated rings. The van der Waals surface area contributed by atoms with Crippen LogP contribution in [0.1, 0.15) is 31.0 Å². The zero-order valence-electron chi connectivity index (χ0n) is 18.3. The summed E-state index contributed by atoms with van der Waals surface area (Å²) in [6.07, 6.45) is 1.90. The van der Waals surface area contributed by atoms with E-state index in [0.29, 0.717) is 22.8 Å². The topological polar surface area (TPSA) is 60.4 Å². The molecule has 33 heavy (non-hydrogen) atoms. The molecule has 0 bridgehead atoms. The second kappa shape index (κ2) is 10.0. The van der Waals surface area contributed by atoms with Gasteiger partial charge in [0, 0.05) is 10.7 Å². The fourth-order valence-electron chi connectivity index (χ4n) is 3.65. The molecule has 0 N–H and O–H groups in total. The van der Waals surface area contributed by atoms with Crippen LogP contribution in [0.3, 0.4) is 0 Å². The van der Waals surface area contributed by atoms with Crippen LogP contribution in [-0.2, 0) is 16.1 Å². The van der Waals surface area contributed by atoms with Gasteiger partial charge in [-0.3, -0.25) is 0 Å². The van der Waals surface area contributed by atoms with Gasteiger partial charge < -0.3 is 19.1 Å². The Morgan fingerprint density at radius 1 is 1.24 bits per heavy atom. The number of carbonyl (C=O) groups excluding carboxylic acids is 1. The molecule has 2 heterocycles. The zero-order valence-corrected chi connectivity index (χ0v) is 20.7. The van der Waals surface area contributed by atoms with Gasteiger partial charge in [0.25, 0.3) is 0 Å². The Morgan fingerprint density at radius 3 is 2.70 bits per heavy atom. The van der Waals surface area contributed by atoms with E-state index in [0.717, 1.165) is 20.8 Å². The fourth-order valence-corrected chi connectivity index (χ4v) is 4.98. The van der Waals surface area contributed by atoms with Gasteiger partial charge in [-0.25, -0.2) is 14.2 Å². The SMILES string of the molecule is CCOC(=O)C1=C(C)N=C2SC=CN2[C@H]1c1cc(OC)c(OCc2ccc(F)cc2)cc1Br. The highest BCUT2D eigenvalue weighted by molar-refractivity contribution is 9.10. The van der Waals surface area contributed by atoms with E-state index in [1.807, 2.05) is 35.6 Å². The smallest absolute Gasteiger partial charge is 0.338 e. The first-order valence-corrected chi connectivity index (χ1v) is 11.9. The highest BCUT2D eigenvalue weighted by Crippen LogP contribution is 2.46. The third-order valence-corrected chi connectivity index (χ3v) is 6.66. The molecule has 9 heteroatoms. The number of allylic oxidation sites excluding steroid dienone is 1. The van der Waals surface area contributed by atoms with Crippen molar-refractivity contribution in [3.05, 3.63) is 80.7 Å². The van der Waals surface area contributed by atoms with Crippen LogP contribution in [0, 0.1) is 5.82 Å². The summed E-state index contributed by atoms with van der Waals surface area (Å²) in [5.41, 5.74) is 2.72. The Balaban J connectivity index is 1.71. The molecule has 0 aliphatic carbocycles. The molecule has 2 aliphatic heterocycles. The van der Waals surface area contributed by atoms with Gasteiger partial charge in [-0.2, -0.15) is 0 Å². The molecule has 6 nitrogen and oxygen atoms in total. The van der Waals surface area contributed by atoms with Crippen LogP contribution in [0.2, 0.25) is 0 Å². The second-order valence-electron chi connectivity index (χ2n) is 7.27. The number of aliphatic imine (C=N–C) groups is 1. The summed E-state index contributed by atoms with van der Waals surface area (Å²) in [4.78, 5) is 19.4. The molecule has 0 radical (unpaired) electrons. The maximum atomic E-state index is 13.2. The van der Waals surface area contributed by atoms with Crippen molar-refractivity contribution in [2.24, 2.45) is 4.99 Å². The van der Waals surface area contributed by atoms with Crippen LogP contribution in [0.4, 0.5) is 4.39 Å². The number of hydrogen-bond donors (Lipinski definition) is 0. The number of halogens is 2. The summed E-state index contributed by atoms with van der Waals surface area (Å²) in [7, 11) is 1.56. The Labute approximate surface area is 204 Å². The number of ether oxygens (including phenoxy) is 3. The van der Waals surface area contributed by atoms with Crippen LogP contribution >= 0.6 is 27.7 Å². The first-order valence-electron chi connectivity index (χ1n) is 10.3. The molecule has 2 aliphatic rings. The van der Waals surface area contributed by atoms with E-state index in [9.17, 15) is 9.18 Å². The third-order valence-electron chi connectivity index (χ3n) is 5.20. The minimum atomic E-state index is -0.447. The molecule has 1 atom stereocenters. The number of methoxy groups -OCH3 is 1. The van der Waals surface area contributed by atoms with Gasteiger partial charge in [0.05, 0.1) is 31.0 Å². The number of thioether (sulfide) groups is 1. The Hall–Kier alpha value is -2.78. The van der Waals surface area contributed by atoms with Gasteiger partial charge in [-0.1, -0.05) is 39.8 Å². The largest absolute Gasteiger partial charge is 0.493 e. The van der Waals surface area contributed by atoms with Crippen molar-refractivity contribution in [3.63, 3.8) is 0 Å². The molecule has 172 valence electrons. The van der Waals surface area contributed by atoms with E-state index >= 15 is 0 Å². The van der Waals surface area contributed by atoms with E-state index < -0.39 is 12.0 Å². The standard InChI is InChI=1S/C24H22BrFN2O4S/c1-4-31-23(29)21-14(2)27-24-28(9-10-33-24)22(21)17-11-19(30-3)20(12-18(17)25)32-13-15-5-7-16(26)8-6-15/h5-12,22H,4,13H2,1-3H3/t22-/m0/s1. The van der Waals surface area contributed by atoms with Crippen molar-refractivity contribution in [3.8, 4) is 11.5 Å². The molecular weight excluding hydrogens is 511 g/mol. The molecular formula is C24H22BrFN2O4S. The van der Waals surface area contributed by atoms with Gasteiger partial charge >= 0.3 is 5.97 Å². The van der Waals surface area contributed by atoms with Crippen molar-refractivity contribution in [1.29, 1.82) is 0 Å². The van der Waals surface area contributed by atoms with E-state index in [4.69, 9.17) is 14.2 Å². The fraction of sp³-hybridized carbons (Fsp3) is 0.250. The second-order valence-corrected chi connectivity index (χ2v) is 8.99. The minimum absolute atomic E-state index is 0.251. The quantitative estimate of drug-likeness (QED) is 0.411. The van der Waals surface area contributed by atoms with Gasteiger partial charge in [-0.05, 0) is 54.6 Å². The third kappa shape index (κ3) is 4.79. The van der Waals surface area contributed by atoms with Crippen molar-refractivity contribution in [2.45, 2.75) is 26.5 Å². The molecule has 2 aromatic rings. The van der Waals surface area contributed by atoms with Gasteiger partial charge in [0.1, 0.15) is 12.4 Å². The summed E-state index contributed by atoms with van der Waals surface area (Å²) < 4.78 is 30.8. The normalized spacial score (nSPS) is 17.1. The number of hydrogen-bond acceptors (Lipinski definition) is 7. The highest BCUT2D eigenvalue weighted by Gasteiger charge is 2.38. The number of rotatable bonds is 7. The van der Waals surface area contributed by atoms with Crippen molar-refractivity contribution in [2.75, 3.05) is 13.7 Å². The summed E-state index contributed by atoms with van der Waals surface area (Å²) in [5, 5.41) is 2.71. The van der Waals surface area contributed by atoms with Crippen molar-refractivity contribution < 1.29 is 23.4 Å². The lowest BCUT2D eigenvalue weighted by Crippen LogP contribution is -2.34. The minimum Gasteiger partial charge on any atom is -0.493 e. The van der Waals surface area contributed by atoms with Crippen LogP contribution in [0.5, 0.6) is 11.5 Å². The summed E-state index contributed by atoms with van der Waals surface area (Å²) in [6, 6.07) is 9.34. The summed E-state index contributed by atoms with van der Waals surface area (Å²) >= 11 is 5.15. The number of esters is 1. The van der Waals surface area contributed by atoms with E-state index in [1.165, 1.54) is 23.9 Å². The van der Waals surface area contributed by atoms with Crippen LogP contribution in [0.15, 0.2) is 68.7 Å². The van der Waals surface area contributed by atoms with E-state index in [1.54, 1.807) is 26.2 Å².